The lowest BCUT2D eigenvalue weighted by Gasteiger charge is -2.28. The Balaban J connectivity index is 1.81. The van der Waals surface area contributed by atoms with Crippen LogP contribution in [0, 0.1) is 23.7 Å². The van der Waals surface area contributed by atoms with E-state index in [1.807, 2.05) is 6.92 Å². The molecule has 6 nitrogen and oxygen atoms in total. The SMILES string of the molecule is CCCCC(=O)OC(COC(=O)C1CCC(CC)CC1)COC(=O)C1CCC(CC)CC1. The van der Waals surface area contributed by atoms with Gasteiger partial charge in [-0.1, -0.05) is 40.0 Å². The van der Waals surface area contributed by atoms with Crippen molar-refractivity contribution in [3.05, 3.63) is 0 Å². The Morgan fingerprint density at radius 3 is 1.53 bits per heavy atom. The minimum atomic E-state index is -0.744. The lowest BCUT2D eigenvalue weighted by molar-refractivity contribution is -0.170. The summed E-state index contributed by atoms with van der Waals surface area (Å²) in [4.78, 5) is 37.2. The smallest absolute Gasteiger partial charge is 0.309 e. The Morgan fingerprint density at radius 1 is 0.719 bits per heavy atom. The van der Waals surface area contributed by atoms with E-state index in [0.29, 0.717) is 18.3 Å². The number of carbonyl (C=O) groups excluding carboxylic acids is 3. The van der Waals surface area contributed by atoms with E-state index in [0.717, 1.165) is 77.0 Å². The second-order valence-corrected chi connectivity index (χ2v) is 9.73. The zero-order valence-electron chi connectivity index (χ0n) is 20.4. The second kappa shape index (κ2) is 14.5. The van der Waals surface area contributed by atoms with Gasteiger partial charge in [0.1, 0.15) is 13.2 Å². The molecule has 2 rings (SSSR count). The number of hydrogen-bond donors (Lipinski definition) is 0. The van der Waals surface area contributed by atoms with Gasteiger partial charge in [0.2, 0.25) is 0 Å². The molecule has 0 radical (unpaired) electrons. The van der Waals surface area contributed by atoms with Crippen LogP contribution in [0.25, 0.3) is 0 Å². The monoisotopic (exact) mass is 452 g/mol. The molecule has 0 aromatic rings. The number of ether oxygens (including phenoxy) is 3. The fourth-order valence-electron chi connectivity index (χ4n) is 4.88. The van der Waals surface area contributed by atoms with Gasteiger partial charge in [0, 0.05) is 6.42 Å². The lowest BCUT2D eigenvalue weighted by Crippen LogP contribution is -2.34. The minimum Gasteiger partial charge on any atom is -0.461 e. The Bertz CT molecular complexity index is 533. The van der Waals surface area contributed by atoms with Crippen LogP contribution < -0.4 is 0 Å². The van der Waals surface area contributed by atoms with Gasteiger partial charge in [0.05, 0.1) is 11.8 Å². The summed E-state index contributed by atoms with van der Waals surface area (Å²) in [5, 5.41) is 0. The molecule has 0 aromatic heterocycles. The molecule has 6 heteroatoms. The summed E-state index contributed by atoms with van der Waals surface area (Å²) in [6.07, 6.45) is 11.2. The lowest BCUT2D eigenvalue weighted by atomic mass is 9.81. The molecule has 2 fully saturated rings. The number of carbonyl (C=O) groups is 3. The Kier molecular flexibility index (Phi) is 12.1. The van der Waals surface area contributed by atoms with Crippen LogP contribution in [0.15, 0.2) is 0 Å². The van der Waals surface area contributed by atoms with Crippen LogP contribution in [-0.4, -0.2) is 37.2 Å². The van der Waals surface area contributed by atoms with Crippen LogP contribution in [0.3, 0.4) is 0 Å². The van der Waals surface area contributed by atoms with Crippen molar-refractivity contribution in [2.75, 3.05) is 13.2 Å². The second-order valence-electron chi connectivity index (χ2n) is 9.73. The Hall–Kier alpha value is -1.59. The summed E-state index contributed by atoms with van der Waals surface area (Å²) in [6, 6.07) is 0. The fourth-order valence-corrected chi connectivity index (χ4v) is 4.88. The Morgan fingerprint density at radius 2 is 1.16 bits per heavy atom. The zero-order valence-corrected chi connectivity index (χ0v) is 20.4. The molecule has 0 bridgehead atoms. The number of unbranched alkanes of at least 4 members (excludes halogenated alkanes) is 1. The van der Waals surface area contributed by atoms with Crippen molar-refractivity contribution in [1.29, 1.82) is 0 Å². The number of hydrogen-bond acceptors (Lipinski definition) is 6. The highest BCUT2D eigenvalue weighted by Crippen LogP contribution is 2.32. The summed E-state index contributed by atoms with van der Waals surface area (Å²) >= 11 is 0. The molecule has 0 amide bonds. The number of esters is 3. The molecule has 0 spiro atoms. The third-order valence-electron chi connectivity index (χ3n) is 7.37. The van der Waals surface area contributed by atoms with Gasteiger partial charge in [-0.25, -0.2) is 0 Å². The molecule has 0 aromatic carbocycles. The molecule has 0 unspecified atom stereocenters. The predicted octanol–water partition coefficient (Wildman–Crippen LogP) is 5.61. The maximum atomic E-state index is 12.5. The van der Waals surface area contributed by atoms with Gasteiger partial charge in [-0.15, -0.1) is 0 Å². The average Bonchev–Trinajstić information content (AvgIpc) is 2.84. The third-order valence-corrected chi connectivity index (χ3v) is 7.37. The minimum absolute atomic E-state index is 0.0553. The van der Waals surface area contributed by atoms with E-state index >= 15 is 0 Å². The molecule has 0 saturated heterocycles. The van der Waals surface area contributed by atoms with Crippen molar-refractivity contribution in [3.8, 4) is 0 Å². The first-order valence-electron chi connectivity index (χ1n) is 13.0. The van der Waals surface area contributed by atoms with Crippen molar-refractivity contribution in [2.45, 2.75) is 110 Å². The number of rotatable bonds is 12. The van der Waals surface area contributed by atoms with Gasteiger partial charge in [-0.2, -0.15) is 0 Å². The van der Waals surface area contributed by atoms with E-state index in [2.05, 4.69) is 13.8 Å². The van der Waals surface area contributed by atoms with Gasteiger partial charge in [0.25, 0.3) is 0 Å². The van der Waals surface area contributed by atoms with E-state index < -0.39 is 6.10 Å². The van der Waals surface area contributed by atoms with Crippen LogP contribution >= 0.6 is 0 Å². The highest BCUT2D eigenvalue weighted by Gasteiger charge is 2.30. The fraction of sp³-hybridized carbons (Fsp3) is 0.885. The first kappa shape index (κ1) is 26.7. The molecule has 2 saturated carbocycles. The third kappa shape index (κ3) is 9.11. The van der Waals surface area contributed by atoms with E-state index in [1.54, 1.807) is 0 Å². The molecular formula is C26H44O6. The molecule has 0 heterocycles. The topological polar surface area (TPSA) is 78.9 Å². The van der Waals surface area contributed by atoms with Crippen molar-refractivity contribution >= 4 is 17.9 Å². The van der Waals surface area contributed by atoms with Crippen molar-refractivity contribution < 1.29 is 28.6 Å². The van der Waals surface area contributed by atoms with Gasteiger partial charge in [-0.05, 0) is 69.6 Å². The first-order chi connectivity index (χ1) is 15.5. The largest absolute Gasteiger partial charge is 0.461 e. The molecule has 2 aliphatic rings. The summed E-state index contributed by atoms with van der Waals surface area (Å²) in [5.74, 6) is 0.472. The van der Waals surface area contributed by atoms with Gasteiger partial charge in [0.15, 0.2) is 6.10 Å². The normalized spacial score (nSPS) is 26.7. The zero-order chi connectivity index (χ0) is 23.3. The first-order valence-corrected chi connectivity index (χ1v) is 13.0. The average molecular weight is 453 g/mol. The quantitative estimate of drug-likeness (QED) is 0.283. The van der Waals surface area contributed by atoms with Gasteiger partial charge >= 0.3 is 17.9 Å². The van der Waals surface area contributed by atoms with E-state index in [-0.39, 0.29) is 43.0 Å². The predicted molar refractivity (Wildman–Crippen MR) is 123 cm³/mol. The van der Waals surface area contributed by atoms with Crippen LogP contribution in [0.2, 0.25) is 0 Å². The molecule has 0 N–H and O–H groups in total. The summed E-state index contributed by atoms with van der Waals surface area (Å²) in [5.41, 5.74) is 0. The highest BCUT2D eigenvalue weighted by atomic mass is 16.6. The molecule has 0 atom stereocenters. The van der Waals surface area contributed by atoms with E-state index in [9.17, 15) is 14.4 Å². The van der Waals surface area contributed by atoms with E-state index in [1.165, 1.54) is 0 Å². The molecule has 184 valence electrons. The molecule has 2 aliphatic carbocycles. The molecular weight excluding hydrogens is 408 g/mol. The summed E-state index contributed by atoms with van der Waals surface area (Å²) in [6.45, 7) is 6.28. The van der Waals surface area contributed by atoms with Crippen molar-refractivity contribution in [2.24, 2.45) is 23.7 Å². The van der Waals surface area contributed by atoms with Gasteiger partial charge < -0.3 is 14.2 Å². The van der Waals surface area contributed by atoms with Crippen molar-refractivity contribution in [1.82, 2.24) is 0 Å². The van der Waals surface area contributed by atoms with Crippen LogP contribution in [0.1, 0.15) is 104 Å². The van der Waals surface area contributed by atoms with Crippen LogP contribution in [0.5, 0.6) is 0 Å². The molecule has 0 aliphatic heterocycles. The standard InChI is InChI=1S/C26H44O6/c1-4-7-8-24(27)32-23(17-30-25(28)21-13-9-19(5-2)10-14-21)18-31-26(29)22-15-11-20(6-3)12-16-22/h19-23H,4-18H2,1-3H3. The van der Waals surface area contributed by atoms with Crippen LogP contribution in [-0.2, 0) is 28.6 Å². The summed E-state index contributed by atoms with van der Waals surface area (Å²) < 4.78 is 16.5. The highest BCUT2D eigenvalue weighted by molar-refractivity contribution is 5.73. The Labute approximate surface area is 194 Å². The maximum absolute atomic E-state index is 12.5. The van der Waals surface area contributed by atoms with Crippen LogP contribution in [0.4, 0.5) is 0 Å². The van der Waals surface area contributed by atoms with Gasteiger partial charge in [-0.3, -0.25) is 14.4 Å². The van der Waals surface area contributed by atoms with E-state index in [4.69, 9.17) is 14.2 Å². The summed E-state index contributed by atoms with van der Waals surface area (Å²) in [7, 11) is 0. The van der Waals surface area contributed by atoms with Crippen molar-refractivity contribution in [3.63, 3.8) is 0 Å². The molecule has 32 heavy (non-hydrogen) atoms. The maximum Gasteiger partial charge on any atom is 0.309 e.